The fourth-order valence-corrected chi connectivity index (χ4v) is 2.35. The molecule has 1 rings (SSSR count). The fraction of sp³-hybridized carbons (Fsp3) is 0.846. The smallest absolute Gasteiger partial charge is 0.233 e. The fourth-order valence-electron chi connectivity index (χ4n) is 2.35. The molecular formula is C13H23NO3. The minimum absolute atomic E-state index is 0.0121. The number of rotatable bonds is 3. The molecule has 0 aliphatic carbocycles. The Labute approximate surface area is 103 Å². The van der Waals surface area contributed by atoms with E-state index < -0.39 is 0 Å². The molecule has 1 aliphatic rings. The molecule has 3 atom stereocenters. The minimum Gasteiger partial charge on any atom is -0.396 e. The van der Waals surface area contributed by atoms with E-state index in [1.807, 2.05) is 20.8 Å². The Morgan fingerprint density at radius 3 is 1.88 bits per heavy atom. The summed E-state index contributed by atoms with van der Waals surface area (Å²) in [5.74, 6) is -0.691. The zero-order chi connectivity index (χ0) is 13.4. The van der Waals surface area contributed by atoms with Crippen LogP contribution in [0.1, 0.15) is 41.0 Å². The van der Waals surface area contributed by atoms with Crippen LogP contribution in [0.3, 0.4) is 0 Å². The van der Waals surface area contributed by atoms with Gasteiger partial charge in [0.1, 0.15) is 0 Å². The molecule has 3 unspecified atom stereocenters. The first kappa shape index (κ1) is 14.2. The molecule has 1 fully saturated rings. The second kappa shape index (κ2) is 4.77. The van der Waals surface area contributed by atoms with Gasteiger partial charge in [-0.2, -0.15) is 0 Å². The highest BCUT2D eigenvalue weighted by Gasteiger charge is 2.47. The van der Waals surface area contributed by atoms with Gasteiger partial charge in [0.15, 0.2) is 0 Å². The molecule has 0 saturated carbocycles. The highest BCUT2D eigenvalue weighted by Crippen LogP contribution is 2.34. The molecule has 0 aromatic carbocycles. The quantitative estimate of drug-likeness (QED) is 0.760. The first-order valence-corrected chi connectivity index (χ1v) is 6.19. The van der Waals surface area contributed by atoms with Gasteiger partial charge in [0.05, 0.1) is 0 Å². The summed E-state index contributed by atoms with van der Waals surface area (Å²) in [5.41, 5.74) is -0.210. The second-order valence-corrected chi connectivity index (χ2v) is 6.02. The van der Waals surface area contributed by atoms with Crippen LogP contribution < -0.4 is 0 Å². The number of nitrogens with zero attached hydrogens (tertiary/aromatic N) is 1. The van der Waals surface area contributed by atoms with Crippen LogP contribution in [0.15, 0.2) is 0 Å². The van der Waals surface area contributed by atoms with Crippen LogP contribution in [0.2, 0.25) is 0 Å². The Morgan fingerprint density at radius 1 is 1.18 bits per heavy atom. The highest BCUT2D eigenvalue weighted by molar-refractivity contribution is 6.05. The Balaban J connectivity index is 3.04. The maximum Gasteiger partial charge on any atom is 0.233 e. The van der Waals surface area contributed by atoms with Gasteiger partial charge in [-0.1, -0.05) is 34.6 Å². The largest absolute Gasteiger partial charge is 0.396 e. The number of hydrogen-bond donors (Lipinski definition) is 1. The van der Waals surface area contributed by atoms with Crippen molar-refractivity contribution >= 4 is 11.8 Å². The summed E-state index contributed by atoms with van der Waals surface area (Å²) in [5, 5.41) is 9.12. The summed E-state index contributed by atoms with van der Waals surface area (Å²) in [6.45, 7) is 9.54. The van der Waals surface area contributed by atoms with Gasteiger partial charge in [-0.25, -0.2) is 0 Å². The lowest BCUT2D eigenvalue weighted by Gasteiger charge is -2.36. The number of carbonyl (C=O) groups is 2. The van der Waals surface area contributed by atoms with E-state index in [4.69, 9.17) is 5.11 Å². The van der Waals surface area contributed by atoms with Crippen molar-refractivity contribution in [3.8, 4) is 0 Å². The zero-order valence-electron chi connectivity index (χ0n) is 11.4. The van der Waals surface area contributed by atoms with Crippen molar-refractivity contribution in [3.63, 3.8) is 0 Å². The summed E-state index contributed by atoms with van der Waals surface area (Å²) in [4.78, 5) is 25.6. The van der Waals surface area contributed by atoms with Crippen LogP contribution in [-0.2, 0) is 9.59 Å². The predicted octanol–water partition coefficient (Wildman–Crippen LogP) is 1.42. The summed E-state index contributed by atoms with van der Waals surface area (Å²) in [6.07, 6.45) is 0.445. The van der Waals surface area contributed by atoms with E-state index in [0.29, 0.717) is 6.42 Å². The van der Waals surface area contributed by atoms with E-state index >= 15 is 0 Å². The van der Waals surface area contributed by atoms with Gasteiger partial charge in [-0.3, -0.25) is 14.5 Å². The highest BCUT2D eigenvalue weighted by atomic mass is 16.3. The lowest BCUT2D eigenvalue weighted by molar-refractivity contribution is -0.145. The third-order valence-electron chi connectivity index (χ3n) is 3.72. The molecule has 1 N–H and O–H groups in total. The average Bonchev–Trinajstić information content (AvgIpc) is 2.40. The predicted molar refractivity (Wildman–Crippen MR) is 65.1 cm³/mol. The Morgan fingerprint density at radius 2 is 1.59 bits per heavy atom. The molecule has 1 heterocycles. The molecule has 0 bridgehead atoms. The minimum atomic E-state index is -0.244. The number of amides is 2. The van der Waals surface area contributed by atoms with E-state index in [1.165, 1.54) is 4.90 Å². The molecule has 0 aromatic heterocycles. The molecular weight excluding hydrogens is 218 g/mol. The molecule has 0 radical (unpaired) electrons. The van der Waals surface area contributed by atoms with Crippen molar-refractivity contribution < 1.29 is 14.7 Å². The summed E-state index contributed by atoms with van der Waals surface area (Å²) >= 11 is 0. The van der Waals surface area contributed by atoms with Gasteiger partial charge in [0.2, 0.25) is 11.8 Å². The topological polar surface area (TPSA) is 57.6 Å². The SMILES string of the molecule is CC1C(=O)N(C(CCO)C(C)(C)C)C(=O)C1C. The van der Waals surface area contributed by atoms with E-state index in [2.05, 4.69) is 0 Å². The Bertz CT molecular complexity index is 299. The number of hydrogen-bond acceptors (Lipinski definition) is 3. The number of likely N-dealkylation sites (tertiary alicyclic amines) is 1. The van der Waals surface area contributed by atoms with Crippen LogP contribution in [0.25, 0.3) is 0 Å². The molecule has 1 saturated heterocycles. The summed E-state index contributed by atoms with van der Waals surface area (Å²) in [7, 11) is 0. The monoisotopic (exact) mass is 241 g/mol. The number of imide groups is 1. The van der Waals surface area contributed by atoms with Crippen molar-refractivity contribution in [1.29, 1.82) is 0 Å². The molecule has 4 heteroatoms. The Hall–Kier alpha value is -0.900. The summed E-state index contributed by atoms with van der Waals surface area (Å²) < 4.78 is 0. The molecule has 0 aromatic rings. The standard InChI is InChI=1S/C13H23NO3/c1-8-9(2)12(17)14(11(8)16)10(6-7-15)13(3,4)5/h8-10,15H,6-7H2,1-5H3. The second-order valence-electron chi connectivity index (χ2n) is 6.02. The van der Waals surface area contributed by atoms with E-state index in [-0.39, 0.29) is 41.7 Å². The molecule has 4 nitrogen and oxygen atoms in total. The number of aliphatic hydroxyl groups excluding tert-OH is 1. The first-order valence-electron chi connectivity index (χ1n) is 6.19. The van der Waals surface area contributed by atoms with Crippen molar-refractivity contribution in [3.05, 3.63) is 0 Å². The van der Waals surface area contributed by atoms with E-state index in [0.717, 1.165) is 0 Å². The maximum absolute atomic E-state index is 12.1. The van der Waals surface area contributed by atoms with Crippen LogP contribution >= 0.6 is 0 Å². The lowest BCUT2D eigenvalue weighted by atomic mass is 9.84. The third kappa shape index (κ3) is 2.51. The third-order valence-corrected chi connectivity index (χ3v) is 3.72. The number of aliphatic hydroxyl groups is 1. The molecule has 0 spiro atoms. The first-order chi connectivity index (χ1) is 7.71. The van der Waals surface area contributed by atoms with Gasteiger partial charge in [-0.15, -0.1) is 0 Å². The van der Waals surface area contributed by atoms with Crippen LogP contribution in [0.5, 0.6) is 0 Å². The maximum atomic E-state index is 12.1. The van der Waals surface area contributed by atoms with E-state index in [9.17, 15) is 9.59 Å². The van der Waals surface area contributed by atoms with Gasteiger partial charge in [0.25, 0.3) is 0 Å². The number of carbonyl (C=O) groups excluding carboxylic acids is 2. The van der Waals surface area contributed by atoms with Gasteiger partial charge >= 0.3 is 0 Å². The lowest BCUT2D eigenvalue weighted by Crippen LogP contribution is -2.48. The van der Waals surface area contributed by atoms with Gasteiger partial charge in [0, 0.05) is 24.5 Å². The van der Waals surface area contributed by atoms with Gasteiger partial charge in [-0.05, 0) is 11.8 Å². The molecule has 98 valence electrons. The van der Waals surface area contributed by atoms with Crippen LogP contribution in [-0.4, -0.2) is 34.5 Å². The molecule has 1 aliphatic heterocycles. The average molecular weight is 241 g/mol. The summed E-state index contributed by atoms with van der Waals surface area (Å²) in [6, 6.07) is -0.222. The molecule has 17 heavy (non-hydrogen) atoms. The van der Waals surface area contributed by atoms with Crippen LogP contribution in [0.4, 0.5) is 0 Å². The van der Waals surface area contributed by atoms with E-state index in [1.54, 1.807) is 13.8 Å². The van der Waals surface area contributed by atoms with Crippen LogP contribution in [0, 0.1) is 17.3 Å². The Kier molecular flexibility index (Phi) is 3.97. The van der Waals surface area contributed by atoms with Crippen molar-refractivity contribution in [2.45, 2.75) is 47.1 Å². The normalized spacial score (nSPS) is 27.8. The van der Waals surface area contributed by atoms with Gasteiger partial charge < -0.3 is 5.11 Å². The van der Waals surface area contributed by atoms with Crippen molar-refractivity contribution in [2.75, 3.05) is 6.61 Å². The van der Waals surface area contributed by atoms with Crippen molar-refractivity contribution in [1.82, 2.24) is 4.90 Å². The zero-order valence-corrected chi connectivity index (χ0v) is 11.4. The molecule has 2 amide bonds. The van der Waals surface area contributed by atoms with Crippen molar-refractivity contribution in [2.24, 2.45) is 17.3 Å².